The van der Waals surface area contributed by atoms with Crippen LogP contribution in [0.15, 0.2) is 0 Å². The zero-order chi connectivity index (χ0) is 20.5. The summed E-state index contributed by atoms with van der Waals surface area (Å²) in [7, 11) is 0. The third-order valence-corrected chi connectivity index (χ3v) is 5.20. The molecule has 0 aromatic heterocycles. The van der Waals surface area contributed by atoms with Crippen molar-refractivity contribution in [2.24, 2.45) is 0 Å². The first kappa shape index (κ1) is 27.4. The standard InChI is InChI=1S/C24H48O4/c1-2-3-4-17-20-27-21-18-15-13-11-9-7-5-6-8-10-12-14-16-19-22-28-23-24(25)26/h2-23H2,1H3,(H,25,26). The van der Waals surface area contributed by atoms with E-state index in [9.17, 15) is 4.79 Å². The molecule has 0 aromatic rings. The summed E-state index contributed by atoms with van der Waals surface area (Å²) in [6.45, 7) is 4.59. The zero-order valence-corrected chi connectivity index (χ0v) is 18.7. The lowest BCUT2D eigenvalue weighted by Gasteiger charge is -2.05. The van der Waals surface area contributed by atoms with Crippen LogP contribution in [0.1, 0.15) is 122 Å². The summed E-state index contributed by atoms with van der Waals surface area (Å²) in [5.74, 6) is -0.877. The van der Waals surface area contributed by atoms with Gasteiger partial charge in [0.2, 0.25) is 0 Å². The van der Waals surface area contributed by atoms with Gasteiger partial charge in [-0.25, -0.2) is 4.79 Å². The second kappa shape index (κ2) is 24.4. The minimum absolute atomic E-state index is 0.159. The second-order valence-electron chi connectivity index (χ2n) is 8.07. The summed E-state index contributed by atoms with van der Waals surface area (Å²) < 4.78 is 10.7. The van der Waals surface area contributed by atoms with Gasteiger partial charge in [0.05, 0.1) is 0 Å². The van der Waals surface area contributed by atoms with Crippen LogP contribution in [-0.2, 0) is 14.3 Å². The average molecular weight is 401 g/mol. The highest BCUT2D eigenvalue weighted by molar-refractivity contribution is 5.67. The fourth-order valence-corrected chi connectivity index (χ4v) is 3.42. The Kier molecular flexibility index (Phi) is 23.9. The molecule has 0 heterocycles. The number of carboxylic acid groups (broad SMARTS) is 1. The maximum atomic E-state index is 10.3. The molecular formula is C24H48O4. The molecule has 0 atom stereocenters. The molecule has 28 heavy (non-hydrogen) atoms. The SMILES string of the molecule is CCCCCCOCCCCCCCCCCCCCCCCOCC(=O)O. The molecule has 1 N–H and O–H groups in total. The van der Waals surface area contributed by atoms with Gasteiger partial charge in [0.1, 0.15) is 6.61 Å². The van der Waals surface area contributed by atoms with Crippen molar-refractivity contribution in [3.63, 3.8) is 0 Å². The molecule has 0 aliphatic heterocycles. The topological polar surface area (TPSA) is 55.8 Å². The van der Waals surface area contributed by atoms with Crippen molar-refractivity contribution in [2.45, 2.75) is 122 Å². The molecule has 0 rings (SSSR count). The number of ether oxygens (including phenoxy) is 2. The molecule has 0 radical (unpaired) electrons. The molecule has 168 valence electrons. The van der Waals surface area contributed by atoms with Gasteiger partial charge < -0.3 is 14.6 Å². The third-order valence-electron chi connectivity index (χ3n) is 5.20. The molecule has 4 heteroatoms. The van der Waals surface area contributed by atoms with Crippen LogP contribution in [0.2, 0.25) is 0 Å². The molecule has 0 aliphatic carbocycles. The predicted molar refractivity (Wildman–Crippen MR) is 118 cm³/mol. The number of rotatable bonds is 24. The smallest absolute Gasteiger partial charge is 0.329 e. The van der Waals surface area contributed by atoms with E-state index in [1.165, 1.54) is 103 Å². The highest BCUT2D eigenvalue weighted by atomic mass is 16.5. The Hall–Kier alpha value is -0.610. The summed E-state index contributed by atoms with van der Waals surface area (Å²) in [5.41, 5.74) is 0. The van der Waals surface area contributed by atoms with Crippen LogP contribution in [0.5, 0.6) is 0 Å². The first-order valence-electron chi connectivity index (χ1n) is 12.1. The van der Waals surface area contributed by atoms with E-state index in [0.29, 0.717) is 6.61 Å². The predicted octanol–water partition coefficient (Wildman–Crippen LogP) is 7.15. The lowest BCUT2D eigenvalue weighted by Crippen LogP contribution is -2.07. The van der Waals surface area contributed by atoms with E-state index in [0.717, 1.165) is 26.1 Å². The van der Waals surface area contributed by atoms with Gasteiger partial charge in [0.25, 0.3) is 0 Å². The second-order valence-corrected chi connectivity index (χ2v) is 8.07. The molecule has 0 spiro atoms. The average Bonchev–Trinajstić information content (AvgIpc) is 2.68. The molecule has 0 amide bonds. The maximum absolute atomic E-state index is 10.3. The Morgan fingerprint density at radius 2 is 0.857 bits per heavy atom. The normalized spacial score (nSPS) is 11.2. The Morgan fingerprint density at radius 1 is 0.536 bits per heavy atom. The summed E-state index contributed by atoms with van der Waals surface area (Å²) in [6, 6.07) is 0. The molecule has 0 unspecified atom stereocenters. The van der Waals surface area contributed by atoms with E-state index in [1.807, 2.05) is 0 Å². The lowest BCUT2D eigenvalue weighted by atomic mass is 10.0. The Balaban J connectivity index is 2.99. The van der Waals surface area contributed by atoms with Crippen LogP contribution >= 0.6 is 0 Å². The molecule has 4 nitrogen and oxygen atoms in total. The molecule has 0 bridgehead atoms. The number of hydrogen-bond donors (Lipinski definition) is 1. The summed E-state index contributed by atoms with van der Waals surface area (Å²) in [6.07, 6.45) is 23.5. The van der Waals surface area contributed by atoms with Crippen LogP contribution in [-0.4, -0.2) is 37.5 Å². The van der Waals surface area contributed by atoms with Gasteiger partial charge in [-0.15, -0.1) is 0 Å². The number of unbranched alkanes of at least 4 members (excludes halogenated alkanes) is 16. The van der Waals surface area contributed by atoms with Crippen molar-refractivity contribution in [1.29, 1.82) is 0 Å². The van der Waals surface area contributed by atoms with E-state index in [4.69, 9.17) is 14.6 Å². The summed E-state index contributed by atoms with van der Waals surface area (Å²) in [4.78, 5) is 10.3. The van der Waals surface area contributed by atoms with E-state index in [2.05, 4.69) is 6.92 Å². The summed E-state index contributed by atoms with van der Waals surface area (Å²) >= 11 is 0. The quantitative estimate of drug-likeness (QED) is 0.175. The van der Waals surface area contributed by atoms with Crippen LogP contribution < -0.4 is 0 Å². The van der Waals surface area contributed by atoms with Gasteiger partial charge in [-0.1, -0.05) is 103 Å². The maximum Gasteiger partial charge on any atom is 0.329 e. The highest BCUT2D eigenvalue weighted by Gasteiger charge is 1.97. The number of aliphatic carboxylic acids is 1. The Morgan fingerprint density at radius 3 is 1.21 bits per heavy atom. The largest absolute Gasteiger partial charge is 0.480 e. The van der Waals surface area contributed by atoms with Crippen LogP contribution in [0.25, 0.3) is 0 Å². The van der Waals surface area contributed by atoms with Gasteiger partial charge >= 0.3 is 5.97 Å². The van der Waals surface area contributed by atoms with E-state index in [1.54, 1.807) is 0 Å². The highest BCUT2D eigenvalue weighted by Crippen LogP contribution is 2.13. The van der Waals surface area contributed by atoms with Crippen molar-refractivity contribution in [2.75, 3.05) is 26.4 Å². The van der Waals surface area contributed by atoms with Crippen molar-refractivity contribution in [3.05, 3.63) is 0 Å². The fourth-order valence-electron chi connectivity index (χ4n) is 3.42. The molecule has 0 saturated heterocycles. The monoisotopic (exact) mass is 400 g/mol. The van der Waals surface area contributed by atoms with Gasteiger partial charge in [0, 0.05) is 19.8 Å². The van der Waals surface area contributed by atoms with E-state index < -0.39 is 5.97 Å². The minimum atomic E-state index is -0.877. The van der Waals surface area contributed by atoms with Gasteiger partial charge in [-0.2, -0.15) is 0 Å². The zero-order valence-electron chi connectivity index (χ0n) is 18.7. The first-order chi connectivity index (χ1) is 13.8. The molecule has 0 fully saturated rings. The lowest BCUT2D eigenvalue weighted by molar-refractivity contribution is -0.142. The van der Waals surface area contributed by atoms with Crippen LogP contribution in [0.3, 0.4) is 0 Å². The van der Waals surface area contributed by atoms with Crippen LogP contribution in [0, 0.1) is 0 Å². The molecule has 0 aromatic carbocycles. The molecule has 0 saturated carbocycles. The van der Waals surface area contributed by atoms with Gasteiger partial charge in [-0.3, -0.25) is 0 Å². The van der Waals surface area contributed by atoms with Crippen LogP contribution in [0.4, 0.5) is 0 Å². The van der Waals surface area contributed by atoms with Gasteiger partial charge in [0.15, 0.2) is 0 Å². The number of carboxylic acids is 1. The van der Waals surface area contributed by atoms with Crippen molar-refractivity contribution >= 4 is 5.97 Å². The molecular weight excluding hydrogens is 352 g/mol. The fraction of sp³-hybridized carbons (Fsp3) is 0.958. The third kappa shape index (κ3) is 25.4. The van der Waals surface area contributed by atoms with Crippen molar-refractivity contribution in [3.8, 4) is 0 Å². The number of hydrogen-bond acceptors (Lipinski definition) is 3. The first-order valence-corrected chi connectivity index (χ1v) is 12.1. The van der Waals surface area contributed by atoms with Crippen molar-refractivity contribution in [1.82, 2.24) is 0 Å². The number of carbonyl (C=O) groups is 1. The minimum Gasteiger partial charge on any atom is -0.480 e. The molecule has 0 aliphatic rings. The van der Waals surface area contributed by atoms with E-state index in [-0.39, 0.29) is 6.61 Å². The van der Waals surface area contributed by atoms with Gasteiger partial charge in [-0.05, 0) is 19.3 Å². The van der Waals surface area contributed by atoms with E-state index >= 15 is 0 Å². The Labute approximate surface area is 174 Å². The van der Waals surface area contributed by atoms with Crippen molar-refractivity contribution < 1.29 is 19.4 Å². The summed E-state index contributed by atoms with van der Waals surface area (Å²) in [5, 5.41) is 8.46. The Bertz CT molecular complexity index is 307.